The number of nitrogens with one attached hydrogen (secondary N) is 1. The van der Waals surface area contributed by atoms with E-state index in [-0.39, 0.29) is 37.1 Å². The zero-order chi connectivity index (χ0) is 35.9. The quantitative estimate of drug-likeness (QED) is 0.206. The first-order valence-corrected chi connectivity index (χ1v) is 19.9. The SMILES string of the molecule is CC1[C@H](CNC(=O)[C@H]2CCCN2C(=O)[C@@H]2C[C@@H](O)CN2C(=O)CC(c2ccccc2)(c2ccccc2)c2ccccc2)CCC[N+]1(C1CC1)C1CC1. The minimum atomic E-state index is -0.816. The van der Waals surface area contributed by atoms with Crippen molar-refractivity contribution in [1.29, 1.82) is 0 Å². The van der Waals surface area contributed by atoms with Crippen LogP contribution in [0.4, 0.5) is 0 Å². The number of β-amino-alcohol motifs (C(OH)–C–C–N with tert-alkyl or cyclic N) is 1. The van der Waals surface area contributed by atoms with Crippen LogP contribution in [0.3, 0.4) is 0 Å². The summed E-state index contributed by atoms with van der Waals surface area (Å²) in [6.07, 6.45) is 8.57. The van der Waals surface area contributed by atoms with Gasteiger partial charge in [-0.05, 0) is 49.3 Å². The molecule has 274 valence electrons. The number of benzene rings is 3. The van der Waals surface area contributed by atoms with Gasteiger partial charge < -0.3 is 24.7 Å². The Morgan fingerprint density at radius 2 is 1.31 bits per heavy atom. The van der Waals surface area contributed by atoms with Crippen LogP contribution < -0.4 is 5.32 Å². The maximum Gasteiger partial charge on any atom is 0.246 e. The lowest BCUT2D eigenvalue weighted by atomic mass is 9.67. The lowest BCUT2D eigenvalue weighted by molar-refractivity contribution is -0.977. The van der Waals surface area contributed by atoms with Crippen LogP contribution in [0.15, 0.2) is 91.0 Å². The van der Waals surface area contributed by atoms with Crippen molar-refractivity contribution in [3.05, 3.63) is 108 Å². The minimum Gasteiger partial charge on any atom is -0.391 e. The molecule has 2 N–H and O–H groups in total. The molecule has 0 radical (unpaired) electrons. The summed E-state index contributed by atoms with van der Waals surface area (Å²) in [4.78, 5) is 46.3. The third-order valence-electron chi connectivity index (χ3n) is 13.5. The van der Waals surface area contributed by atoms with Crippen molar-refractivity contribution in [2.75, 3.05) is 26.2 Å². The number of rotatable bonds is 11. The maximum absolute atomic E-state index is 14.7. The number of quaternary nitrogens is 1. The number of hydrogen-bond acceptors (Lipinski definition) is 4. The molecule has 1 unspecified atom stereocenters. The number of likely N-dealkylation sites (tertiary alicyclic amines) is 3. The number of amides is 3. The van der Waals surface area contributed by atoms with Crippen LogP contribution in [0.5, 0.6) is 0 Å². The average molecular weight is 704 g/mol. The van der Waals surface area contributed by atoms with Crippen LogP contribution in [-0.4, -0.2) is 99.6 Å². The summed E-state index contributed by atoms with van der Waals surface area (Å²) >= 11 is 0. The summed E-state index contributed by atoms with van der Waals surface area (Å²) in [5.41, 5.74) is 2.13. The van der Waals surface area contributed by atoms with Gasteiger partial charge in [0.2, 0.25) is 17.7 Å². The zero-order valence-corrected chi connectivity index (χ0v) is 30.6. The fourth-order valence-corrected chi connectivity index (χ4v) is 10.6. The van der Waals surface area contributed by atoms with Crippen LogP contribution in [-0.2, 0) is 19.8 Å². The second kappa shape index (κ2) is 14.4. The molecule has 0 spiro atoms. The molecule has 0 bridgehead atoms. The van der Waals surface area contributed by atoms with Gasteiger partial charge in [-0.1, -0.05) is 91.0 Å². The van der Waals surface area contributed by atoms with E-state index in [4.69, 9.17) is 0 Å². The number of nitrogens with zero attached hydrogens (tertiary/aromatic N) is 3. The Kier molecular flexibility index (Phi) is 9.72. The van der Waals surface area contributed by atoms with Gasteiger partial charge in [-0.2, -0.15) is 0 Å². The summed E-state index contributed by atoms with van der Waals surface area (Å²) in [5, 5.41) is 14.3. The predicted molar refractivity (Wildman–Crippen MR) is 201 cm³/mol. The maximum atomic E-state index is 14.7. The molecule has 52 heavy (non-hydrogen) atoms. The van der Waals surface area contributed by atoms with Gasteiger partial charge in [-0.3, -0.25) is 14.4 Å². The van der Waals surface area contributed by atoms with Crippen LogP contribution in [0.2, 0.25) is 0 Å². The molecule has 0 aromatic heterocycles. The molecule has 8 heteroatoms. The number of carbonyl (C=O) groups is 3. The van der Waals surface area contributed by atoms with E-state index in [2.05, 4.69) is 48.6 Å². The van der Waals surface area contributed by atoms with Gasteiger partial charge in [0, 0.05) is 64.1 Å². The standard InChI is InChI=1S/C44H54N4O4/c1-31-32(13-12-26-48(31,36-21-22-36)37-23-24-37)29-45-42(51)39-20-11-25-46(39)43(52)40-27-38(49)30-47(40)41(50)28-44(33-14-5-2-6-15-33,34-16-7-3-8-17-34)35-18-9-4-10-19-35/h2-10,14-19,31-32,36-40,49H,11-13,20-30H2,1H3/p+1/t31?,32-,38+,39+,40-/m0/s1. The molecular weight excluding hydrogens is 649 g/mol. The Morgan fingerprint density at radius 1 is 0.750 bits per heavy atom. The van der Waals surface area contributed by atoms with E-state index < -0.39 is 23.6 Å². The van der Waals surface area contributed by atoms with Gasteiger partial charge in [0.25, 0.3) is 0 Å². The van der Waals surface area contributed by atoms with E-state index in [1.807, 2.05) is 54.6 Å². The Hall–Kier alpha value is -4.01. The molecule has 3 amide bonds. The molecule has 3 aromatic carbocycles. The average Bonchev–Trinajstić information content (AvgIpc) is 4.12. The summed E-state index contributed by atoms with van der Waals surface area (Å²) in [7, 11) is 0. The Bertz CT molecular complexity index is 1620. The van der Waals surface area contributed by atoms with Gasteiger partial charge in [0.05, 0.1) is 36.2 Å². The molecular formula is C44H55N4O4+. The molecule has 3 aliphatic heterocycles. The normalized spacial score (nSPS) is 27.4. The minimum absolute atomic E-state index is 0.0766. The summed E-state index contributed by atoms with van der Waals surface area (Å²) in [6.45, 7) is 4.95. The number of hydrogen-bond donors (Lipinski definition) is 2. The first kappa shape index (κ1) is 35.0. The highest BCUT2D eigenvalue weighted by atomic mass is 16.3. The molecule has 3 heterocycles. The highest BCUT2D eigenvalue weighted by Gasteiger charge is 2.59. The second-order valence-electron chi connectivity index (χ2n) is 16.4. The third-order valence-corrected chi connectivity index (χ3v) is 13.5. The van der Waals surface area contributed by atoms with Crippen molar-refractivity contribution >= 4 is 17.7 Å². The molecule has 2 saturated carbocycles. The predicted octanol–water partition coefficient (Wildman–Crippen LogP) is 5.42. The van der Waals surface area contributed by atoms with Gasteiger partial charge in [0.15, 0.2) is 0 Å². The zero-order valence-electron chi connectivity index (χ0n) is 30.6. The Morgan fingerprint density at radius 3 is 1.85 bits per heavy atom. The van der Waals surface area contributed by atoms with E-state index in [1.54, 1.807) is 9.80 Å². The number of aliphatic hydroxyl groups excluding tert-OH is 1. The fraction of sp³-hybridized carbons (Fsp3) is 0.523. The van der Waals surface area contributed by atoms with E-state index in [0.29, 0.717) is 31.5 Å². The van der Waals surface area contributed by atoms with Gasteiger partial charge in [0.1, 0.15) is 12.1 Å². The van der Waals surface area contributed by atoms with Crippen LogP contribution >= 0.6 is 0 Å². The lowest BCUT2D eigenvalue weighted by Crippen LogP contribution is -2.64. The molecule has 2 aliphatic carbocycles. The van der Waals surface area contributed by atoms with Crippen molar-refractivity contribution in [3.8, 4) is 0 Å². The van der Waals surface area contributed by atoms with Gasteiger partial charge in [-0.15, -0.1) is 0 Å². The number of carbonyl (C=O) groups excluding carboxylic acids is 3. The number of piperidine rings is 1. The molecule has 3 saturated heterocycles. The van der Waals surface area contributed by atoms with E-state index in [9.17, 15) is 19.5 Å². The van der Waals surface area contributed by atoms with Crippen molar-refractivity contribution in [3.63, 3.8) is 0 Å². The molecule has 3 aromatic rings. The summed E-state index contributed by atoms with van der Waals surface area (Å²) in [6, 6.07) is 31.1. The van der Waals surface area contributed by atoms with E-state index >= 15 is 0 Å². The van der Waals surface area contributed by atoms with E-state index in [0.717, 1.165) is 41.6 Å². The first-order chi connectivity index (χ1) is 25.3. The highest BCUT2D eigenvalue weighted by Crippen LogP contribution is 2.50. The van der Waals surface area contributed by atoms with Crippen LogP contribution in [0.25, 0.3) is 0 Å². The Balaban J connectivity index is 1.00. The third kappa shape index (κ3) is 6.36. The van der Waals surface area contributed by atoms with Crippen molar-refractivity contribution < 1.29 is 24.0 Å². The smallest absolute Gasteiger partial charge is 0.246 e. The first-order valence-electron chi connectivity index (χ1n) is 19.9. The lowest BCUT2D eigenvalue weighted by Gasteiger charge is -2.51. The highest BCUT2D eigenvalue weighted by molar-refractivity contribution is 5.93. The number of aliphatic hydroxyl groups is 1. The van der Waals surface area contributed by atoms with Crippen LogP contribution in [0.1, 0.15) is 87.8 Å². The topological polar surface area (TPSA) is 89.9 Å². The summed E-state index contributed by atoms with van der Waals surface area (Å²) < 4.78 is 1.28. The van der Waals surface area contributed by atoms with Crippen LogP contribution in [0, 0.1) is 5.92 Å². The fourth-order valence-electron chi connectivity index (χ4n) is 10.6. The molecule has 8 nitrogen and oxygen atoms in total. The van der Waals surface area contributed by atoms with Gasteiger partial charge in [-0.25, -0.2) is 0 Å². The van der Waals surface area contributed by atoms with Crippen molar-refractivity contribution in [2.24, 2.45) is 5.92 Å². The van der Waals surface area contributed by atoms with Gasteiger partial charge >= 0.3 is 0 Å². The summed E-state index contributed by atoms with van der Waals surface area (Å²) in [5.74, 6) is -0.0451. The van der Waals surface area contributed by atoms with Crippen molar-refractivity contribution in [2.45, 2.75) is 113 Å². The van der Waals surface area contributed by atoms with E-state index in [1.165, 1.54) is 43.1 Å². The molecule has 8 rings (SSSR count). The molecule has 5 aliphatic rings. The second-order valence-corrected chi connectivity index (χ2v) is 16.4. The largest absolute Gasteiger partial charge is 0.391 e. The molecule has 5 fully saturated rings. The monoisotopic (exact) mass is 703 g/mol. The van der Waals surface area contributed by atoms with Crippen molar-refractivity contribution in [1.82, 2.24) is 15.1 Å². The molecule has 5 atom stereocenters. The Labute approximate surface area is 308 Å².